The number of nitrogens with one attached hydrogen (secondary N) is 1. The topological polar surface area (TPSA) is 60.0 Å². The molecule has 0 unspecified atom stereocenters. The molecule has 114 valence electrons. The van der Waals surface area contributed by atoms with Crippen LogP contribution in [0.3, 0.4) is 0 Å². The van der Waals surface area contributed by atoms with Gasteiger partial charge in [-0.05, 0) is 31.0 Å². The van der Waals surface area contributed by atoms with Crippen LogP contribution in [0.4, 0.5) is 0 Å². The Kier molecular flexibility index (Phi) is 8.78. The maximum Gasteiger partial charge on any atom is 0.124 e. The van der Waals surface area contributed by atoms with Crippen molar-refractivity contribution in [3.8, 4) is 11.5 Å². The lowest BCUT2D eigenvalue weighted by Gasteiger charge is -2.13. The summed E-state index contributed by atoms with van der Waals surface area (Å²) in [5, 5.41) is 12.1. The Morgan fingerprint density at radius 3 is 2.70 bits per heavy atom. The fraction of sp³-hybridized carbons (Fsp3) is 0.600. The van der Waals surface area contributed by atoms with Gasteiger partial charge in [0.1, 0.15) is 11.5 Å². The van der Waals surface area contributed by atoms with Crippen molar-refractivity contribution in [1.29, 1.82) is 0 Å². The Balaban J connectivity index is 2.56. The molecule has 1 rings (SSSR count). The molecule has 0 spiro atoms. The number of rotatable bonds is 11. The molecule has 5 heteroatoms. The van der Waals surface area contributed by atoms with Gasteiger partial charge in [0.15, 0.2) is 0 Å². The number of ether oxygens (including phenoxy) is 3. The molecule has 0 amide bonds. The van der Waals surface area contributed by atoms with Crippen molar-refractivity contribution >= 4 is 0 Å². The lowest BCUT2D eigenvalue weighted by molar-refractivity contribution is 0.199. The van der Waals surface area contributed by atoms with Crippen LogP contribution in [-0.2, 0) is 11.3 Å². The van der Waals surface area contributed by atoms with Gasteiger partial charge in [-0.15, -0.1) is 0 Å². The Bertz CT molecular complexity index is 371. The van der Waals surface area contributed by atoms with Crippen LogP contribution in [0.25, 0.3) is 0 Å². The number of hydrogen-bond donors (Lipinski definition) is 2. The van der Waals surface area contributed by atoms with Gasteiger partial charge in [-0.1, -0.05) is 0 Å². The van der Waals surface area contributed by atoms with Gasteiger partial charge in [-0.2, -0.15) is 0 Å². The van der Waals surface area contributed by atoms with E-state index in [-0.39, 0.29) is 6.61 Å². The van der Waals surface area contributed by atoms with Crippen molar-refractivity contribution in [3.05, 3.63) is 23.8 Å². The third-order valence-corrected chi connectivity index (χ3v) is 2.88. The average Bonchev–Trinajstić information content (AvgIpc) is 2.49. The first-order chi connectivity index (χ1) is 9.81. The summed E-state index contributed by atoms with van der Waals surface area (Å²) in [6.45, 7) is 2.99. The van der Waals surface area contributed by atoms with E-state index in [1.54, 1.807) is 14.2 Å². The molecule has 0 bridgehead atoms. The van der Waals surface area contributed by atoms with Gasteiger partial charge in [0.05, 0.1) is 20.3 Å². The van der Waals surface area contributed by atoms with Crippen molar-refractivity contribution in [1.82, 2.24) is 5.32 Å². The summed E-state index contributed by atoms with van der Waals surface area (Å²) in [7, 11) is 3.34. The predicted octanol–water partition coefficient (Wildman–Crippen LogP) is 1.58. The Hall–Kier alpha value is -1.30. The van der Waals surface area contributed by atoms with Gasteiger partial charge >= 0.3 is 0 Å². The fourth-order valence-corrected chi connectivity index (χ4v) is 1.76. The number of benzene rings is 1. The predicted molar refractivity (Wildman–Crippen MR) is 78.4 cm³/mol. The summed E-state index contributed by atoms with van der Waals surface area (Å²) in [6, 6.07) is 5.78. The first-order valence-electron chi connectivity index (χ1n) is 6.92. The van der Waals surface area contributed by atoms with E-state index in [9.17, 15) is 0 Å². The average molecular weight is 283 g/mol. The number of aliphatic hydroxyl groups is 1. The molecule has 20 heavy (non-hydrogen) atoms. The van der Waals surface area contributed by atoms with Gasteiger partial charge < -0.3 is 24.6 Å². The quantitative estimate of drug-likeness (QED) is 0.604. The summed E-state index contributed by atoms with van der Waals surface area (Å²) in [6.07, 6.45) is 1.61. The molecule has 5 nitrogen and oxygen atoms in total. The maximum absolute atomic E-state index is 8.76. The molecule has 0 aliphatic heterocycles. The normalized spacial score (nSPS) is 10.6. The molecule has 0 saturated carbocycles. The second-order valence-electron chi connectivity index (χ2n) is 4.42. The zero-order chi connectivity index (χ0) is 14.6. The minimum absolute atomic E-state index is 0.206. The summed E-state index contributed by atoms with van der Waals surface area (Å²) < 4.78 is 16.0. The molecule has 0 saturated heterocycles. The zero-order valence-corrected chi connectivity index (χ0v) is 12.4. The Morgan fingerprint density at radius 2 is 2.00 bits per heavy atom. The lowest BCUT2D eigenvalue weighted by Crippen LogP contribution is -2.19. The minimum Gasteiger partial charge on any atom is -0.497 e. The first-order valence-corrected chi connectivity index (χ1v) is 6.92. The zero-order valence-electron chi connectivity index (χ0n) is 12.4. The number of aliphatic hydroxyl groups excluding tert-OH is 1. The smallest absolute Gasteiger partial charge is 0.124 e. The van der Waals surface area contributed by atoms with Gasteiger partial charge in [-0.3, -0.25) is 0 Å². The van der Waals surface area contributed by atoms with E-state index in [1.165, 1.54) is 0 Å². The highest BCUT2D eigenvalue weighted by atomic mass is 16.5. The van der Waals surface area contributed by atoms with E-state index in [0.717, 1.165) is 36.4 Å². The number of methoxy groups -OCH3 is 2. The van der Waals surface area contributed by atoms with Gasteiger partial charge in [0.2, 0.25) is 0 Å². The molecule has 1 aromatic rings. The molecule has 0 aromatic heterocycles. The monoisotopic (exact) mass is 283 g/mol. The molecule has 0 fully saturated rings. The first kappa shape index (κ1) is 16.8. The van der Waals surface area contributed by atoms with Gasteiger partial charge in [0.25, 0.3) is 0 Å². The van der Waals surface area contributed by atoms with Crippen LogP contribution in [0, 0.1) is 0 Å². The van der Waals surface area contributed by atoms with Crippen LogP contribution >= 0.6 is 0 Å². The van der Waals surface area contributed by atoms with Crippen LogP contribution in [0.15, 0.2) is 18.2 Å². The largest absolute Gasteiger partial charge is 0.497 e. The van der Waals surface area contributed by atoms with Gasteiger partial charge in [0, 0.05) is 32.4 Å². The molecule has 0 aliphatic carbocycles. The molecule has 1 aromatic carbocycles. The fourth-order valence-electron chi connectivity index (χ4n) is 1.76. The minimum atomic E-state index is 0.206. The second kappa shape index (κ2) is 10.5. The molecule has 0 heterocycles. The maximum atomic E-state index is 8.76. The van der Waals surface area contributed by atoms with Crippen molar-refractivity contribution in [3.63, 3.8) is 0 Å². The molecule has 0 aliphatic rings. The van der Waals surface area contributed by atoms with E-state index in [2.05, 4.69) is 5.32 Å². The summed E-state index contributed by atoms with van der Waals surface area (Å²) in [5.74, 6) is 1.67. The van der Waals surface area contributed by atoms with Gasteiger partial charge in [-0.25, -0.2) is 0 Å². The van der Waals surface area contributed by atoms with E-state index < -0.39 is 0 Å². The highest BCUT2D eigenvalue weighted by Gasteiger charge is 2.05. The molecule has 0 atom stereocenters. The van der Waals surface area contributed by atoms with E-state index in [0.29, 0.717) is 19.8 Å². The molecule has 2 N–H and O–H groups in total. The van der Waals surface area contributed by atoms with E-state index in [4.69, 9.17) is 19.3 Å². The highest BCUT2D eigenvalue weighted by Crippen LogP contribution is 2.24. The van der Waals surface area contributed by atoms with Crippen LogP contribution in [0.1, 0.15) is 18.4 Å². The van der Waals surface area contributed by atoms with Crippen molar-refractivity contribution in [2.45, 2.75) is 19.4 Å². The third-order valence-electron chi connectivity index (χ3n) is 2.88. The summed E-state index contributed by atoms with van der Waals surface area (Å²) in [4.78, 5) is 0. The standard InChI is InChI=1S/C15H25NO4/c1-18-10-7-16-12-13-11-14(19-2)5-6-15(13)20-9-4-3-8-17/h5-6,11,16-17H,3-4,7-10,12H2,1-2H3. The summed E-state index contributed by atoms with van der Waals surface area (Å²) >= 11 is 0. The van der Waals surface area contributed by atoms with Crippen LogP contribution in [0.5, 0.6) is 11.5 Å². The molecule has 0 radical (unpaired) electrons. The van der Waals surface area contributed by atoms with E-state index in [1.807, 2.05) is 18.2 Å². The second-order valence-corrected chi connectivity index (χ2v) is 4.42. The van der Waals surface area contributed by atoms with E-state index >= 15 is 0 Å². The Morgan fingerprint density at radius 1 is 1.15 bits per heavy atom. The molecular weight excluding hydrogens is 258 g/mol. The summed E-state index contributed by atoms with van der Waals surface area (Å²) in [5.41, 5.74) is 1.06. The highest BCUT2D eigenvalue weighted by molar-refractivity contribution is 5.40. The number of hydrogen-bond acceptors (Lipinski definition) is 5. The van der Waals surface area contributed by atoms with Crippen molar-refractivity contribution in [2.75, 3.05) is 40.6 Å². The SMILES string of the molecule is COCCNCc1cc(OC)ccc1OCCCCO. The van der Waals surface area contributed by atoms with Crippen molar-refractivity contribution < 1.29 is 19.3 Å². The molecular formula is C15H25NO4. The third kappa shape index (κ3) is 6.23. The van der Waals surface area contributed by atoms with Crippen LogP contribution < -0.4 is 14.8 Å². The van der Waals surface area contributed by atoms with Crippen LogP contribution in [0.2, 0.25) is 0 Å². The van der Waals surface area contributed by atoms with Crippen LogP contribution in [-0.4, -0.2) is 45.7 Å². The Labute approximate surface area is 120 Å². The lowest BCUT2D eigenvalue weighted by atomic mass is 10.2. The van der Waals surface area contributed by atoms with Crippen molar-refractivity contribution in [2.24, 2.45) is 0 Å². The number of unbranched alkanes of at least 4 members (excludes halogenated alkanes) is 1.